The summed E-state index contributed by atoms with van der Waals surface area (Å²) < 4.78 is 0. The van der Waals surface area contributed by atoms with Crippen molar-refractivity contribution in [3.8, 4) is 0 Å². The highest BCUT2D eigenvalue weighted by Gasteiger charge is 2.37. The Morgan fingerprint density at radius 3 is 2.62 bits per heavy atom. The topological polar surface area (TPSA) is 29.3 Å². The fourth-order valence-electron chi connectivity index (χ4n) is 3.20. The summed E-state index contributed by atoms with van der Waals surface area (Å²) in [7, 11) is 0. The van der Waals surface area contributed by atoms with Crippen LogP contribution in [0.3, 0.4) is 0 Å². The third-order valence-corrected chi connectivity index (χ3v) is 5.99. The average Bonchev–Trinajstić information content (AvgIpc) is 2.74. The van der Waals surface area contributed by atoms with Crippen LogP contribution in [0.25, 0.3) is 0 Å². The second kappa shape index (κ2) is 5.28. The van der Waals surface area contributed by atoms with Crippen LogP contribution in [-0.2, 0) is 0 Å². The van der Waals surface area contributed by atoms with Gasteiger partial charge in [0.15, 0.2) is 0 Å². The number of nitrogens with zero attached hydrogens (tertiary/aromatic N) is 1. The molecule has 1 aliphatic heterocycles. The number of hydrogen-bond donors (Lipinski definition) is 1. The molecule has 2 nitrogen and oxygen atoms in total. The summed E-state index contributed by atoms with van der Waals surface area (Å²) >= 11 is 2.12. The van der Waals surface area contributed by atoms with Crippen molar-refractivity contribution >= 4 is 11.8 Å². The van der Waals surface area contributed by atoms with Crippen LogP contribution in [0.15, 0.2) is 0 Å². The Morgan fingerprint density at radius 2 is 2.00 bits per heavy atom. The Hall–Kier alpha value is 0.270. The van der Waals surface area contributed by atoms with Crippen molar-refractivity contribution in [2.45, 2.75) is 50.8 Å². The van der Waals surface area contributed by atoms with Crippen molar-refractivity contribution in [3.63, 3.8) is 0 Å². The first kappa shape index (κ1) is 12.7. The smallest absolute Gasteiger partial charge is 0.0184 e. The van der Waals surface area contributed by atoms with E-state index >= 15 is 0 Å². The first-order valence-corrected chi connectivity index (χ1v) is 7.77. The van der Waals surface area contributed by atoms with Crippen LogP contribution < -0.4 is 5.73 Å². The van der Waals surface area contributed by atoms with Gasteiger partial charge in [0.1, 0.15) is 0 Å². The predicted octanol–water partition coefficient (Wildman–Crippen LogP) is 2.33. The van der Waals surface area contributed by atoms with Crippen molar-refractivity contribution in [2.24, 2.45) is 11.1 Å². The highest BCUT2D eigenvalue weighted by atomic mass is 32.2. The molecule has 1 saturated carbocycles. The van der Waals surface area contributed by atoms with Crippen LogP contribution in [0.1, 0.15) is 39.5 Å². The molecule has 94 valence electrons. The Morgan fingerprint density at radius 1 is 1.31 bits per heavy atom. The minimum Gasteiger partial charge on any atom is -0.330 e. The second-order valence-electron chi connectivity index (χ2n) is 5.70. The molecule has 1 saturated heterocycles. The van der Waals surface area contributed by atoms with E-state index in [1.807, 2.05) is 0 Å². The number of nitrogens with two attached hydrogens (primary N) is 1. The van der Waals surface area contributed by atoms with Gasteiger partial charge in [0.05, 0.1) is 0 Å². The van der Waals surface area contributed by atoms with Gasteiger partial charge < -0.3 is 5.73 Å². The maximum absolute atomic E-state index is 6.03. The molecule has 2 fully saturated rings. The molecule has 2 rings (SSSR count). The lowest BCUT2D eigenvalue weighted by Crippen LogP contribution is -2.50. The van der Waals surface area contributed by atoms with Gasteiger partial charge in [-0.05, 0) is 31.7 Å². The van der Waals surface area contributed by atoms with E-state index in [-0.39, 0.29) is 0 Å². The summed E-state index contributed by atoms with van der Waals surface area (Å²) in [5.41, 5.74) is 6.49. The minimum absolute atomic E-state index is 0.454. The molecular formula is C13H26N2S. The molecular weight excluding hydrogens is 216 g/mol. The fraction of sp³-hybridized carbons (Fsp3) is 1.00. The van der Waals surface area contributed by atoms with E-state index in [2.05, 4.69) is 30.5 Å². The molecule has 2 aliphatic rings. The van der Waals surface area contributed by atoms with Crippen molar-refractivity contribution in [3.05, 3.63) is 0 Å². The van der Waals surface area contributed by atoms with Crippen molar-refractivity contribution in [1.29, 1.82) is 0 Å². The summed E-state index contributed by atoms with van der Waals surface area (Å²) in [6.07, 6.45) is 5.50. The summed E-state index contributed by atoms with van der Waals surface area (Å²) in [6.45, 7) is 8.15. The van der Waals surface area contributed by atoms with Crippen molar-refractivity contribution in [1.82, 2.24) is 4.90 Å². The lowest BCUT2D eigenvalue weighted by molar-refractivity contribution is 0.124. The van der Waals surface area contributed by atoms with Crippen LogP contribution in [0.5, 0.6) is 0 Å². The van der Waals surface area contributed by atoms with Crippen LogP contribution in [0.4, 0.5) is 0 Å². The Bertz CT molecular complexity index is 226. The zero-order valence-corrected chi connectivity index (χ0v) is 11.6. The van der Waals surface area contributed by atoms with Gasteiger partial charge in [0.2, 0.25) is 0 Å². The van der Waals surface area contributed by atoms with E-state index in [4.69, 9.17) is 5.73 Å². The maximum Gasteiger partial charge on any atom is 0.0184 e. The van der Waals surface area contributed by atoms with Gasteiger partial charge in [0, 0.05) is 30.1 Å². The number of thioether (sulfide) groups is 1. The lowest BCUT2D eigenvalue weighted by Gasteiger charge is -2.42. The summed E-state index contributed by atoms with van der Waals surface area (Å²) in [6, 6.07) is 0.725. The van der Waals surface area contributed by atoms with Gasteiger partial charge in [-0.15, -0.1) is 0 Å². The molecule has 3 heteroatoms. The molecule has 0 radical (unpaired) electrons. The van der Waals surface area contributed by atoms with E-state index in [9.17, 15) is 0 Å². The Kier molecular flexibility index (Phi) is 4.20. The highest BCUT2D eigenvalue weighted by molar-refractivity contribution is 8.00. The standard InChI is InChI=1S/C13H26N2S/c1-11-12(2)16-8-7-15(11)10-13(9-14)5-3-4-6-13/h11-12H,3-10,14H2,1-2H3. The van der Waals surface area contributed by atoms with E-state index < -0.39 is 0 Å². The van der Waals surface area contributed by atoms with E-state index in [0.717, 1.165) is 17.8 Å². The molecule has 0 aromatic carbocycles. The lowest BCUT2D eigenvalue weighted by atomic mass is 9.85. The predicted molar refractivity (Wildman–Crippen MR) is 72.9 cm³/mol. The number of rotatable bonds is 3. The average molecular weight is 242 g/mol. The van der Waals surface area contributed by atoms with Crippen LogP contribution in [0.2, 0.25) is 0 Å². The molecule has 1 heterocycles. The molecule has 2 N–H and O–H groups in total. The third-order valence-electron chi connectivity index (χ3n) is 4.65. The maximum atomic E-state index is 6.03. The molecule has 16 heavy (non-hydrogen) atoms. The molecule has 0 aromatic rings. The SMILES string of the molecule is CC1SCCN(CC2(CN)CCCC2)C1C. The van der Waals surface area contributed by atoms with Crippen LogP contribution >= 0.6 is 11.8 Å². The normalized spacial score (nSPS) is 35.4. The molecule has 2 atom stereocenters. The van der Waals surface area contributed by atoms with Gasteiger partial charge >= 0.3 is 0 Å². The van der Waals surface area contributed by atoms with E-state index in [0.29, 0.717) is 5.41 Å². The molecule has 0 bridgehead atoms. The van der Waals surface area contributed by atoms with Gasteiger partial charge in [-0.25, -0.2) is 0 Å². The second-order valence-corrected chi connectivity index (χ2v) is 7.18. The number of hydrogen-bond acceptors (Lipinski definition) is 3. The van der Waals surface area contributed by atoms with Crippen LogP contribution in [-0.4, -0.2) is 41.6 Å². The molecule has 2 unspecified atom stereocenters. The Balaban J connectivity index is 1.96. The Labute approximate surface area is 104 Å². The summed E-state index contributed by atoms with van der Waals surface area (Å²) in [4.78, 5) is 2.69. The molecule has 0 amide bonds. The quantitative estimate of drug-likeness (QED) is 0.823. The zero-order chi connectivity index (χ0) is 11.6. The molecule has 0 aromatic heterocycles. The van der Waals surface area contributed by atoms with Crippen LogP contribution in [0, 0.1) is 5.41 Å². The van der Waals surface area contributed by atoms with Gasteiger partial charge in [-0.3, -0.25) is 4.90 Å². The van der Waals surface area contributed by atoms with Gasteiger partial charge in [-0.1, -0.05) is 19.8 Å². The summed E-state index contributed by atoms with van der Waals surface area (Å²) in [5.74, 6) is 1.30. The van der Waals surface area contributed by atoms with E-state index in [1.165, 1.54) is 44.5 Å². The minimum atomic E-state index is 0.454. The van der Waals surface area contributed by atoms with Crippen molar-refractivity contribution in [2.75, 3.05) is 25.4 Å². The third kappa shape index (κ3) is 2.57. The summed E-state index contributed by atoms with van der Waals surface area (Å²) in [5, 5.41) is 0.782. The molecule has 1 aliphatic carbocycles. The van der Waals surface area contributed by atoms with Gasteiger partial charge in [0.25, 0.3) is 0 Å². The monoisotopic (exact) mass is 242 g/mol. The van der Waals surface area contributed by atoms with E-state index in [1.54, 1.807) is 0 Å². The molecule has 0 spiro atoms. The zero-order valence-electron chi connectivity index (χ0n) is 10.7. The van der Waals surface area contributed by atoms with Gasteiger partial charge in [-0.2, -0.15) is 11.8 Å². The largest absolute Gasteiger partial charge is 0.330 e. The first-order chi connectivity index (χ1) is 7.67. The van der Waals surface area contributed by atoms with Crippen molar-refractivity contribution < 1.29 is 0 Å². The fourth-order valence-corrected chi connectivity index (χ4v) is 4.36. The highest BCUT2D eigenvalue weighted by Crippen LogP contribution is 2.39. The first-order valence-electron chi connectivity index (χ1n) is 6.73.